The van der Waals surface area contributed by atoms with E-state index in [-0.39, 0.29) is 6.54 Å². The van der Waals surface area contributed by atoms with Gasteiger partial charge in [-0.05, 0) is 23.8 Å². The molecule has 0 bridgehead atoms. The molecular formula is C23H20FNO3S. The summed E-state index contributed by atoms with van der Waals surface area (Å²) < 4.78 is 18.9. The monoisotopic (exact) mass is 409 g/mol. The number of halogens is 1. The zero-order chi connectivity index (χ0) is 20.5. The minimum Gasteiger partial charge on any atom is -0.454 e. The number of hydrogen-bond donors (Lipinski definition) is 1. The van der Waals surface area contributed by atoms with E-state index < -0.39 is 29.6 Å². The molecule has 0 heterocycles. The molecule has 0 aromatic heterocycles. The van der Waals surface area contributed by atoms with Gasteiger partial charge in [-0.3, -0.25) is 9.59 Å². The molecule has 0 aliphatic rings. The third kappa shape index (κ3) is 6.19. The van der Waals surface area contributed by atoms with Gasteiger partial charge in [-0.15, -0.1) is 11.8 Å². The summed E-state index contributed by atoms with van der Waals surface area (Å²) in [6, 6.07) is 25.0. The summed E-state index contributed by atoms with van der Waals surface area (Å²) in [5.74, 6) is -1.39. The first-order valence-electron chi connectivity index (χ1n) is 9.07. The van der Waals surface area contributed by atoms with Crippen molar-refractivity contribution in [3.8, 4) is 0 Å². The number of hydrogen-bond acceptors (Lipinski definition) is 4. The quantitative estimate of drug-likeness (QED) is 0.439. The highest BCUT2D eigenvalue weighted by molar-refractivity contribution is 8.00. The Labute approximate surface area is 173 Å². The molecule has 0 fully saturated rings. The van der Waals surface area contributed by atoms with Crippen LogP contribution in [0.3, 0.4) is 0 Å². The first-order valence-corrected chi connectivity index (χ1v) is 9.95. The van der Waals surface area contributed by atoms with Gasteiger partial charge >= 0.3 is 5.97 Å². The van der Waals surface area contributed by atoms with Gasteiger partial charge in [-0.25, -0.2) is 4.39 Å². The summed E-state index contributed by atoms with van der Waals surface area (Å²) in [5, 5.41) is 1.96. The average Bonchev–Trinajstić information content (AvgIpc) is 2.76. The van der Waals surface area contributed by atoms with Gasteiger partial charge in [0.2, 0.25) is 0 Å². The topological polar surface area (TPSA) is 55.4 Å². The van der Waals surface area contributed by atoms with Gasteiger partial charge in [0.25, 0.3) is 5.91 Å². The predicted octanol–water partition coefficient (Wildman–Crippen LogP) is 4.52. The maximum Gasteiger partial charge on any atom is 0.324 e. The molecule has 29 heavy (non-hydrogen) atoms. The molecule has 3 aromatic rings. The van der Waals surface area contributed by atoms with E-state index in [9.17, 15) is 14.0 Å². The Hall–Kier alpha value is -3.12. The van der Waals surface area contributed by atoms with Crippen LogP contribution in [-0.4, -0.2) is 18.5 Å². The number of amides is 1. The number of benzene rings is 3. The Morgan fingerprint density at radius 1 is 0.897 bits per heavy atom. The predicted molar refractivity (Wildman–Crippen MR) is 111 cm³/mol. The van der Waals surface area contributed by atoms with Crippen LogP contribution in [0.5, 0.6) is 0 Å². The fourth-order valence-corrected chi connectivity index (χ4v) is 3.66. The van der Waals surface area contributed by atoms with Crippen LogP contribution in [0.2, 0.25) is 0 Å². The first-order chi connectivity index (χ1) is 14.1. The van der Waals surface area contributed by atoms with Gasteiger partial charge in [-0.1, -0.05) is 66.7 Å². The molecule has 3 rings (SSSR count). The Morgan fingerprint density at radius 3 is 2.21 bits per heavy atom. The molecule has 0 radical (unpaired) electrons. The lowest BCUT2D eigenvalue weighted by molar-refractivity contribution is -0.148. The van der Waals surface area contributed by atoms with Crippen molar-refractivity contribution < 1.29 is 18.7 Å². The lowest BCUT2D eigenvalue weighted by atomic mass is 10.1. The highest BCUT2D eigenvalue weighted by atomic mass is 32.2. The molecule has 0 aliphatic carbocycles. The van der Waals surface area contributed by atoms with Gasteiger partial charge in [-0.2, -0.15) is 0 Å². The summed E-state index contributed by atoms with van der Waals surface area (Å²) in [6.07, 6.45) is 0. The molecule has 1 N–H and O–H groups in total. The molecule has 0 unspecified atom stereocenters. The molecule has 1 amide bonds. The number of ether oxygens (including phenoxy) is 1. The zero-order valence-electron chi connectivity index (χ0n) is 15.6. The lowest BCUT2D eigenvalue weighted by Crippen LogP contribution is -2.29. The summed E-state index contributed by atoms with van der Waals surface area (Å²) >= 11 is 1.36. The lowest BCUT2D eigenvalue weighted by Gasteiger charge is -2.16. The highest BCUT2D eigenvalue weighted by Gasteiger charge is 2.24. The largest absolute Gasteiger partial charge is 0.454 e. The number of rotatable bonds is 8. The van der Waals surface area contributed by atoms with Crippen molar-refractivity contribution in [2.24, 2.45) is 0 Å². The Bertz CT molecular complexity index is 951. The van der Waals surface area contributed by atoms with Crippen LogP contribution >= 0.6 is 11.8 Å². The second-order valence-corrected chi connectivity index (χ2v) is 7.38. The minimum absolute atomic E-state index is 0.0317. The number of carbonyl (C=O) groups excluding carboxylic acids is 2. The molecule has 3 aromatic carbocycles. The molecule has 0 saturated heterocycles. The van der Waals surface area contributed by atoms with E-state index >= 15 is 0 Å². The minimum atomic E-state index is -0.599. The van der Waals surface area contributed by atoms with Crippen LogP contribution in [0.1, 0.15) is 16.4 Å². The molecule has 0 aliphatic heterocycles. The third-order valence-electron chi connectivity index (χ3n) is 4.09. The summed E-state index contributed by atoms with van der Waals surface area (Å²) in [5.41, 5.74) is 1.16. The van der Waals surface area contributed by atoms with Crippen LogP contribution in [-0.2, 0) is 20.9 Å². The maximum absolute atomic E-state index is 13.6. The van der Waals surface area contributed by atoms with E-state index in [4.69, 9.17) is 4.74 Å². The second kappa shape index (κ2) is 10.4. The van der Waals surface area contributed by atoms with Crippen LogP contribution in [0, 0.1) is 5.82 Å². The normalized spacial score (nSPS) is 11.5. The Kier molecular flexibility index (Phi) is 7.41. The Balaban J connectivity index is 1.59. The van der Waals surface area contributed by atoms with Gasteiger partial charge < -0.3 is 10.1 Å². The molecular weight excluding hydrogens is 389 g/mol. The van der Waals surface area contributed by atoms with Crippen molar-refractivity contribution in [3.05, 3.63) is 102 Å². The Morgan fingerprint density at radius 2 is 1.52 bits per heavy atom. The summed E-state index contributed by atoms with van der Waals surface area (Å²) in [7, 11) is 0. The van der Waals surface area contributed by atoms with Crippen molar-refractivity contribution >= 4 is 23.6 Å². The molecule has 6 heteroatoms. The highest BCUT2D eigenvalue weighted by Crippen LogP contribution is 2.36. The fourth-order valence-electron chi connectivity index (χ4n) is 2.61. The fraction of sp³-hybridized carbons (Fsp3) is 0.130. The maximum atomic E-state index is 13.6. The third-order valence-corrected chi connectivity index (χ3v) is 5.34. The van der Waals surface area contributed by atoms with E-state index in [1.807, 2.05) is 60.7 Å². The van der Waals surface area contributed by atoms with Crippen molar-refractivity contribution in [2.45, 2.75) is 16.7 Å². The van der Waals surface area contributed by atoms with E-state index in [0.29, 0.717) is 5.56 Å². The van der Waals surface area contributed by atoms with Crippen molar-refractivity contribution in [3.63, 3.8) is 0 Å². The molecule has 4 nitrogen and oxygen atoms in total. The van der Waals surface area contributed by atoms with Crippen LogP contribution < -0.4 is 5.32 Å². The number of carbonyl (C=O) groups is 2. The standard InChI is InChI=1S/C23H20FNO3S/c24-20-14-8-7-11-18(20)15-25-21(26)16-28-23(27)22(17-9-3-1-4-10-17)29-19-12-5-2-6-13-19/h1-14,22H,15-16H2,(H,25,26)/t22-/m0/s1. The van der Waals surface area contributed by atoms with Crippen LogP contribution in [0.25, 0.3) is 0 Å². The molecule has 0 spiro atoms. The number of nitrogens with one attached hydrogen (secondary N) is 1. The molecule has 0 saturated carbocycles. The van der Waals surface area contributed by atoms with Crippen LogP contribution in [0.4, 0.5) is 4.39 Å². The number of esters is 1. The number of thioether (sulfide) groups is 1. The van der Waals surface area contributed by atoms with Gasteiger partial charge in [0.1, 0.15) is 11.1 Å². The first kappa shape index (κ1) is 20.6. The van der Waals surface area contributed by atoms with E-state index in [0.717, 1.165) is 10.5 Å². The van der Waals surface area contributed by atoms with Gasteiger partial charge in [0.15, 0.2) is 6.61 Å². The molecule has 1 atom stereocenters. The zero-order valence-corrected chi connectivity index (χ0v) is 16.4. The second-order valence-electron chi connectivity index (χ2n) is 6.20. The van der Waals surface area contributed by atoms with Crippen LogP contribution in [0.15, 0.2) is 89.8 Å². The van der Waals surface area contributed by atoms with Gasteiger partial charge in [0, 0.05) is 17.0 Å². The van der Waals surface area contributed by atoms with Gasteiger partial charge in [0.05, 0.1) is 0 Å². The molecule has 148 valence electrons. The van der Waals surface area contributed by atoms with E-state index in [1.54, 1.807) is 18.2 Å². The smallest absolute Gasteiger partial charge is 0.324 e. The van der Waals surface area contributed by atoms with E-state index in [1.165, 1.54) is 17.8 Å². The summed E-state index contributed by atoms with van der Waals surface area (Å²) in [6.45, 7) is -0.393. The summed E-state index contributed by atoms with van der Waals surface area (Å²) in [4.78, 5) is 25.6. The van der Waals surface area contributed by atoms with Crippen molar-refractivity contribution in [1.29, 1.82) is 0 Å². The average molecular weight is 409 g/mol. The van der Waals surface area contributed by atoms with Crippen molar-refractivity contribution in [2.75, 3.05) is 6.61 Å². The van der Waals surface area contributed by atoms with Crippen molar-refractivity contribution in [1.82, 2.24) is 5.32 Å². The van der Waals surface area contributed by atoms with E-state index in [2.05, 4.69) is 5.32 Å². The SMILES string of the molecule is O=C(COC(=O)[C@@H](Sc1ccccc1)c1ccccc1)NCc1ccccc1F.